The Morgan fingerprint density at radius 2 is 2.24 bits per heavy atom. The van der Waals surface area contributed by atoms with Crippen LogP contribution in [0, 0.1) is 0 Å². The summed E-state index contributed by atoms with van der Waals surface area (Å²) in [5.74, 6) is -0.991. The number of carboxylic acids is 1. The zero-order chi connectivity index (χ0) is 15.9. The third-order valence-electron chi connectivity index (χ3n) is 2.96. The molecule has 1 aromatic carbocycles. The Bertz CT molecular complexity index is 506. The average molecular weight is 417 g/mol. The van der Waals surface area contributed by atoms with Crippen LogP contribution in [0.4, 0.5) is 5.69 Å². The maximum Gasteiger partial charge on any atom is 0.341 e. The number of para-hydroxylation sites is 1. The van der Waals surface area contributed by atoms with Gasteiger partial charge >= 0.3 is 5.97 Å². The topological polar surface area (TPSA) is 49.3 Å². The summed E-state index contributed by atoms with van der Waals surface area (Å²) in [6.45, 7) is 8.80. The summed E-state index contributed by atoms with van der Waals surface area (Å²) < 4.78 is 0.274. The van der Waals surface area contributed by atoms with Gasteiger partial charge in [-0.05, 0) is 23.5 Å². The van der Waals surface area contributed by atoms with Crippen molar-refractivity contribution in [3.63, 3.8) is 0 Å². The number of carbonyl (C=O) groups is 1. The Balaban J connectivity index is 0.000000240. The summed E-state index contributed by atoms with van der Waals surface area (Å²) in [7, 11) is 0. The van der Waals surface area contributed by atoms with E-state index in [1.165, 1.54) is 29.5 Å². The molecule has 1 heterocycles. The fraction of sp³-hybridized carbons (Fsp3) is 0.312. The highest BCUT2D eigenvalue weighted by Gasteiger charge is 2.32. The van der Waals surface area contributed by atoms with Gasteiger partial charge in [0.15, 0.2) is 0 Å². The van der Waals surface area contributed by atoms with Crippen LogP contribution in [0.15, 0.2) is 47.7 Å². The van der Waals surface area contributed by atoms with Crippen LogP contribution in [0.5, 0.6) is 0 Å². The number of nitrogens with one attached hydrogen (secondary N) is 1. The molecule has 1 unspecified atom stereocenters. The van der Waals surface area contributed by atoms with Crippen LogP contribution in [0.2, 0.25) is 0 Å². The van der Waals surface area contributed by atoms with E-state index >= 15 is 0 Å². The first-order chi connectivity index (χ1) is 9.91. The van der Waals surface area contributed by atoms with E-state index in [2.05, 4.69) is 72.3 Å². The third kappa shape index (κ3) is 5.74. The number of rotatable bonds is 5. The lowest BCUT2D eigenvalue weighted by Gasteiger charge is -2.21. The second-order valence-corrected chi connectivity index (χ2v) is 7.81. The molecule has 3 nitrogen and oxygen atoms in total. The minimum absolute atomic E-state index is 0.0972. The van der Waals surface area contributed by atoms with E-state index in [-0.39, 0.29) is 8.45 Å². The van der Waals surface area contributed by atoms with Crippen LogP contribution in [0.25, 0.3) is 0 Å². The van der Waals surface area contributed by atoms with Crippen molar-refractivity contribution < 1.29 is 9.90 Å². The highest BCUT2D eigenvalue weighted by atomic mass is 127. The minimum Gasteiger partial charge on any atom is -0.477 e. The Hall–Kier alpha value is -0.950. The van der Waals surface area contributed by atoms with Crippen LogP contribution in [0.1, 0.15) is 25.3 Å². The normalized spacial score (nSPS) is 18.8. The van der Waals surface area contributed by atoms with Gasteiger partial charge in [0, 0.05) is 12.1 Å². The molecule has 21 heavy (non-hydrogen) atoms. The van der Waals surface area contributed by atoms with Gasteiger partial charge < -0.3 is 10.4 Å². The Labute approximate surface area is 144 Å². The van der Waals surface area contributed by atoms with Crippen molar-refractivity contribution >= 4 is 46.0 Å². The second kappa shape index (κ2) is 8.48. The van der Waals surface area contributed by atoms with Crippen molar-refractivity contribution in [3.05, 3.63) is 53.3 Å². The smallest absolute Gasteiger partial charge is 0.341 e. The molecule has 1 aliphatic heterocycles. The second-order valence-electron chi connectivity index (χ2n) is 4.69. The van der Waals surface area contributed by atoms with Gasteiger partial charge in [0.05, 0.1) is 8.45 Å². The minimum atomic E-state index is -0.991. The molecule has 0 aliphatic carbocycles. The van der Waals surface area contributed by atoms with Gasteiger partial charge in [0.1, 0.15) is 0 Å². The Morgan fingerprint density at radius 3 is 2.71 bits per heavy atom. The summed E-state index contributed by atoms with van der Waals surface area (Å²) in [5.41, 5.74) is 2.79. The molecule has 5 heteroatoms. The van der Waals surface area contributed by atoms with E-state index in [0.29, 0.717) is 0 Å². The molecule has 0 saturated carbocycles. The molecule has 0 fully saturated rings. The molecule has 2 N–H and O–H groups in total. The number of carboxylic acid groups (broad SMARTS) is 1. The zero-order valence-electron chi connectivity index (χ0n) is 12.1. The van der Waals surface area contributed by atoms with E-state index in [0.717, 1.165) is 18.2 Å². The van der Waals surface area contributed by atoms with Crippen molar-refractivity contribution in [2.24, 2.45) is 0 Å². The summed E-state index contributed by atoms with van der Waals surface area (Å²) in [6, 6.07) is 8.61. The fourth-order valence-corrected chi connectivity index (χ4v) is 3.62. The number of alkyl halides is 1. The van der Waals surface area contributed by atoms with Crippen molar-refractivity contribution in [3.8, 4) is 0 Å². The van der Waals surface area contributed by atoms with Gasteiger partial charge in [0.25, 0.3) is 0 Å². The van der Waals surface area contributed by atoms with E-state index in [1.54, 1.807) is 0 Å². The molecule has 0 amide bonds. The molecule has 1 atom stereocenters. The zero-order valence-corrected chi connectivity index (χ0v) is 15.0. The van der Waals surface area contributed by atoms with E-state index < -0.39 is 5.97 Å². The number of halogens is 1. The van der Waals surface area contributed by atoms with Gasteiger partial charge in [-0.2, -0.15) is 0 Å². The monoisotopic (exact) mass is 417 g/mol. The van der Waals surface area contributed by atoms with E-state index in [9.17, 15) is 4.79 Å². The van der Waals surface area contributed by atoms with Crippen LogP contribution >= 0.6 is 34.4 Å². The van der Waals surface area contributed by atoms with Gasteiger partial charge in [-0.15, -0.1) is 0 Å². The lowest BCUT2D eigenvalue weighted by atomic mass is 10.1. The first kappa shape index (κ1) is 18.1. The number of hydrogen-bond donors (Lipinski definition) is 2. The van der Waals surface area contributed by atoms with Gasteiger partial charge in [-0.1, -0.05) is 79.1 Å². The lowest BCUT2D eigenvalue weighted by molar-refractivity contribution is -0.131. The third-order valence-corrected chi connectivity index (χ3v) is 4.77. The number of aliphatic carboxylic acids is 1. The summed E-state index contributed by atoms with van der Waals surface area (Å²) >= 11 is 3.56. The largest absolute Gasteiger partial charge is 0.477 e. The summed E-state index contributed by atoms with van der Waals surface area (Å²) in [6.07, 6.45) is 3.64. The summed E-state index contributed by atoms with van der Waals surface area (Å²) in [4.78, 5) is 10.0. The van der Waals surface area contributed by atoms with Crippen molar-refractivity contribution in [2.45, 2.75) is 29.7 Å². The van der Waals surface area contributed by atoms with E-state index in [1.807, 2.05) is 0 Å². The molecule has 114 valence electrons. The van der Waals surface area contributed by atoms with Crippen molar-refractivity contribution in [1.29, 1.82) is 0 Å². The quantitative estimate of drug-likeness (QED) is 0.305. The molecule has 0 bridgehead atoms. The number of fused-ring (bicyclic) bond motifs is 1. The standard InChI is InChI=1S/C11H14IN.C5H6O2S/c1-2-7-11(12)8-9-5-3-4-6-10(9)13-11;1-3-8-4(2)5(6)7/h3-6,13H,2,7-8H2,1H3;3H,1-2H2,(H,6,7). The molecule has 1 aliphatic rings. The molecule has 1 aromatic rings. The van der Waals surface area contributed by atoms with Crippen LogP contribution < -0.4 is 5.32 Å². The molecular weight excluding hydrogens is 397 g/mol. The molecule has 0 radical (unpaired) electrons. The van der Waals surface area contributed by atoms with E-state index in [4.69, 9.17) is 5.11 Å². The number of thioether (sulfide) groups is 1. The van der Waals surface area contributed by atoms with Crippen LogP contribution in [-0.4, -0.2) is 14.6 Å². The fourth-order valence-electron chi connectivity index (χ4n) is 2.08. The average Bonchev–Trinajstić information content (AvgIpc) is 2.75. The van der Waals surface area contributed by atoms with Gasteiger partial charge in [-0.25, -0.2) is 4.79 Å². The molecule has 2 rings (SSSR count). The van der Waals surface area contributed by atoms with Crippen LogP contribution in [-0.2, 0) is 11.2 Å². The first-order valence-electron chi connectivity index (χ1n) is 6.66. The number of anilines is 1. The Kier molecular flexibility index (Phi) is 7.31. The first-order valence-corrected chi connectivity index (χ1v) is 8.62. The van der Waals surface area contributed by atoms with Gasteiger partial charge in [-0.3, -0.25) is 0 Å². The predicted octanol–water partition coefficient (Wildman–Crippen LogP) is 5.05. The molecular formula is C16H20INO2S. The molecule has 0 aromatic heterocycles. The van der Waals surface area contributed by atoms with Gasteiger partial charge in [0.2, 0.25) is 0 Å². The SMILES string of the molecule is C=CSC(=C)C(=O)O.CCCC1(I)Cc2ccccc2N1. The Morgan fingerprint density at radius 1 is 1.57 bits per heavy atom. The number of benzene rings is 1. The van der Waals surface area contributed by atoms with Crippen molar-refractivity contribution in [2.75, 3.05) is 5.32 Å². The predicted molar refractivity (Wildman–Crippen MR) is 100.0 cm³/mol. The maximum absolute atomic E-state index is 9.92. The molecule has 0 saturated heterocycles. The highest BCUT2D eigenvalue weighted by Crippen LogP contribution is 2.39. The van der Waals surface area contributed by atoms with Crippen LogP contribution in [0.3, 0.4) is 0 Å². The molecule has 0 spiro atoms. The highest BCUT2D eigenvalue weighted by molar-refractivity contribution is 14.1. The summed E-state index contributed by atoms with van der Waals surface area (Å²) in [5, 5.41) is 13.2. The maximum atomic E-state index is 9.92. The lowest BCUT2D eigenvalue weighted by Crippen LogP contribution is -2.27. The van der Waals surface area contributed by atoms with Crippen molar-refractivity contribution in [1.82, 2.24) is 0 Å². The number of hydrogen-bond acceptors (Lipinski definition) is 3.